The maximum atomic E-state index is 12.9. The summed E-state index contributed by atoms with van der Waals surface area (Å²) in [5.41, 5.74) is 5.74. The number of benzene rings is 1. The van der Waals surface area contributed by atoms with Gasteiger partial charge < -0.3 is 0 Å². The molecule has 2 fully saturated rings. The van der Waals surface area contributed by atoms with Crippen LogP contribution in [-0.4, -0.2) is 11.6 Å². The molecule has 0 spiro atoms. The molecule has 1 aromatic carbocycles. The van der Waals surface area contributed by atoms with Gasteiger partial charge in [-0.05, 0) is 120 Å². The minimum Gasteiger partial charge on any atom is -0.300 e. The van der Waals surface area contributed by atoms with Crippen LogP contribution in [0.1, 0.15) is 63.9 Å². The smallest absolute Gasteiger partial charge is 0.156 e. The second-order valence-electron chi connectivity index (χ2n) is 10.4. The molecule has 0 aromatic heterocycles. The molecule has 5 rings (SSSR count). The standard InChI is InChI=1S/C28H31IO2/c1-4-17-14-25-23-11-7-19-13-21(31)10-12-22(19)26(23)24(18-5-8-20(29)9-6-18)15-28(25,3)27(17)16(2)30/h4-6,8-9,13,17,23-25,27H,1,7,10-12,14-15H2,2-3H3/t17-,23+,24-,25+,27+,28+/m1/s1. The lowest BCUT2D eigenvalue weighted by molar-refractivity contribution is -0.126. The van der Waals surface area contributed by atoms with Crippen molar-refractivity contribution in [3.63, 3.8) is 0 Å². The maximum absolute atomic E-state index is 12.9. The van der Waals surface area contributed by atoms with Crippen LogP contribution in [0.4, 0.5) is 0 Å². The van der Waals surface area contributed by atoms with Crippen molar-refractivity contribution in [3.05, 3.63) is 68.8 Å². The molecule has 1 aromatic rings. The molecule has 0 heterocycles. The summed E-state index contributed by atoms with van der Waals surface area (Å²) in [5.74, 6) is 2.32. The summed E-state index contributed by atoms with van der Waals surface area (Å²) in [6, 6.07) is 8.99. The van der Waals surface area contributed by atoms with E-state index < -0.39 is 0 Å². The van der Waals surface area contributed by atoms with E-state index in [9.17, 15) is 9.59 Å². The summed E-state index contributed by atoms with van der Waals surface area (Å²) < 4.78 is 1.25. The minimum atomic E-state index is -0.00121. The van der Waals surface area contributed by atoms with Crippen LogP contribution in [0.3, 0.4) is 0 Å². The topological polar surface area (TPSA) is 34.1 Å². The molecule has 4 aliphatic carbocycles. The van der Waals surface area contributed by atoms with Crippen molar-refractivity contribution in [2.75, 3.05) is 0 Å². The lowest BCUT2D eigenvalue weighted by Crippen LogP contribution is -2.45. The van der Waals surface area contributed by atoms with Gasteiger partial charge in [0.15, 0.2) is 5.78 Å². The van der Waals surface area contributed by atoms with Crippen molar-refractivity contribution in [1.82, 2.24) is 0 Å². The highest BCUT2D eigenvalue weighted by Crippen LogP contribution is 2.67. The van der Waals surface area contributed by atoms with E-state index in [4.69, 9.17) is 0 Å². The van der Waals surface area contributed by atoms with Crippen molar-refractivity contribution >= 4 is 34.2 Å². The number of ketones is 2. The van der Waals surface area contributed by atoms with E-state index in [1.54, 1.807) is 12.5 Å². The van der Waals surface area contributed by atoms with Crippen LogP contribution in [0, 0.1) is 32.7 Å². The maximum Gasteiger partial charge on any atom is 0.156 e. The summed E-state index contributed by atoms with van der Waals surface area (Å²) in [5, 5.41) is 0. The van der Waals surface area contributed by atoms with Gasteiger partial charge >= 0.3 is 0 Å². The monoisotopic (exact) mass is 526 g/mol. The SMILES string of the molecule is C=C[C@@H]1C[C@H]2[C@@H]3CCC4=CC(=O)CCC4=C3[C@@H](c3ccc(I)cc3)C[C@]2(C)[C@H]1C(C)=O. The van der Waals surface area contributed by atoms with E-state index in [0.29, 0.717) is 30.0 Å². The van der Waals surface area contributed by atoms with Crippen molar-refractivity contribution in [1.29, 1.82) is 0 Å². The first-order valence-corrected chi connectivity index (χ1v) is 12.8. The van der Waals surface area contributed by atoms with E-state index in [-0.39, 0.29) is 23.0 Å². The molecular formula is C28H31IO2. The van der Waals surface area contributed by atoms with Crippen LogP contribution in [0.2, 0.25) is 0 Å². The van der Waals surface area contributed by atoms with Gasteiger partial charge in [-0.25, -0.2) is 0 Å². The van der Waals surface area contributed by atoms with Crippen molar-refractivity contribution < 1.29 is 9.59 Å². The zero-order valence-electron chi connectivity index (χ0n) is 18.5. The Morgan fingerprint density at radius 1 is 1.19 bits per heavy atom. The zero-order chi connectivity index (χ0) is 21.9. The van der Waals surface area contributed by atoms with Crippen molar-refractivity contribution in [2.24, 2.45) is 29.1 Å². The lowest BCUT2D eigenvalue weighted by Gasteiger charge is -2.52. The van der Waals surface area contributed by atoms with Gasteiger partial charge in [0, 0.05) is 21.8 Å². The Labute approximate surface area is 199 Å². The molecule has 162 valence electrons. The van der Waals surface area contributed by atoms with Gasteiger partial charge in [-0.15, -0.1) is 6.58 Å². The van der Waals surface area contributed by atoms with Gasteiger partial charge in [-0.2, -0.15) is 0 Å². The molecule has 2 saturated carbocycles. The Morgan fingerprint density at radius 2 is 1.94 bits per heavy atom. The normalized spacial score (nSPS) is 36.9. The van der Waals surface area contributed by atoms with Gasteiger partial charge in [0.05, 0.1) is 0 Å². The molecule has 0 bridgehead atoms. The number of allylic oxidation sites excluding steroid dienone is 5. The molecule has 0 saturated heterocycles. The predicted molar refractivity (Wildman–Crippen MR) is 133 cm³/mol. The number of carbonyl (C=O) groups is 2. The van der Waals surface area contributed by atoms with Crippen LogP contribution >= 0.6 is 22.6 Å². The molecule has 0 aliphatic heterocycles. The Hall–Kier alpha value is -1.49. The first kappa shape index (κ1) is 21.4. The molecule has 0 N–H and O–H groups in total. The quantitative estimate of drug-likeness (QED) is 0.321. The summed E-state index contributed by atoms with van der Waals surface area (Å²) >= 11 is 2.37. The highest BCUT2D eigenvalue weighted by Gasteiger charge is 2.60. The number of rotatable bonds is 3. The van der Waals surface area contributed by atoms with Crippen LogP contribution in [-0.2, 0) is 9.59 Å². The molecule has 3 heteroatoms. The average Bonchev–Trinajstić information content (AvgIpc) is 3.05. The third-order valence-electron chi connectivity index (χ3n) is 8.85. The van der Waals surface area contributed by atoms with Crippen molar-refractivity contribution in [2.45, 2.75) is 58.3 Å². The summed E-state index contributed by atoms with van der Waals surface area (Å²) in [6.07, 6.45) is 9.71. The van der Waals surface area contributed by atoms with E-state index in [1.807, 2.05) is 6.08 Å². The number of hydrogen-bond acceptors (Lipinski definition) is 2. The molecular weight excluding hydrogens is 495 g/mol. The van der Waals surface area contributed by atoms with E-state index in [1.165, 1.54) is 20.3 Å². The summed E-state index contributed by atoms with van der Waals surface area (Å²) in [6.45, 7) is 8.30. The Bertz CT molecular complexity index is 1010. The summed E-state index contributed by atoms with van der Waals surface area (Å²) in [7, 11) is 0. The van der Waals surface area contributed by atoms with E-state index in [0.717, 1.165) is 32.1 Å². The molecule has 4 aliphatic rings. The average molecular weight is 526 g/mol. The second kappa shape index (κ2) is 7.83. The van der Waals surface area contributed by atoms with Crippen LogP contribution < -0.4 is 0 Å². The predicted octanol–water partition coefficient (Wildman–Crippen LogP) is 6.81. The Morgan fingerprint density at radius 3 is 2.61 bits per heavy atom. The van der Waals surface area contributed by atoms with E-state index >= 15 is 0 Å². The third-order valence-corrected chi connectivity index (χ3v) is 9.57. The fraction of sp³-hybridized carbons (Fsp3) is 0.500. The van der Waals surface area contributed by atoms with Crippen LogP contribution in [0.25, 0.3) is 0 Å². The number of carbonyl (C=O) groups excluding carboxylic acids is 2. The highest BCUT2D eigenvalue weighted by molar-refractivity contribution is 14.1. The number of hydrogen-bond donors (Lipinski definition) is 0. The minimum absolute atomic E-state index is 0.00121. The lowest BCUT2D eigenvalue weighted by atomic mass is 9.51. The molecule has 6 atom stereocenters. The molecule has 2 nitrogen and oxygen atoms in total. The van der Waals surface area contributed by atoms with Gasteiger partial charge in [-0.3, -0.25) is 9.59 Å². The Balaban J connectivity index is 1.69. The molecule has 0 unspecified atom stereocenters. The van der Waals surface area contributed by atoms with Crippen LogP contribution in [0.5, 0.6) is 0 Å². The second-order valence-corrected chi connectivity index (χ2v) is 11.6. The first-order chi connectivity index (χ1) is 14.8. The molecule has 0 amide bonds. The number of Topliss-reactive ketones (excluding diaryl/α,β-unsaturated/α-hetero) is 1. The van der Waals surface area contributed by atoms with Gasteiger partial charge in [0.2, 0.25) is 0 Å². The number of halogens is 1. The van der Waals surface area contributed by atoms with Crippen molar-refractivity contribution in [3.8, 4) is 0 Å². The largest absolute Gasteiger partial charge is 0.300 e. The van der Waals surface area contributed by atoms with E-state index in [2.05, 4.69) is 66.4 Å². The fourth-order valence-corrected chi connectivity index (χ4v) is 8.11. The first-order valence-electron chi connectivity index (χ1n) is 11.7. The zero-order valence-corrected chi connectivity index (χ0v) is 20.7. The van der Waals surface area contributed by atoms with Crippen LogP contribution in [0.15, 0.2) is 59.7 Å². The summed E-state index contributed by atoms with van der Waals surface area (Å²) in [4.78, 5) is 25.0. The highest BCUT2D eigenvalue weighted by atomic mass is 127. The van der Waals surface area contributed by atoms with Gasteiger partial charge in [0.25, 0.3) is 0 Å². The van der Waals surface area contributed by atoms with Gasteiger partial charge in [0.1, 0.15) is 5.78 Å². The fourth-order valence-electron chi connectivity index (χ4n) is 7.75. The van der Waals surface area contributed by atoms with Gasteiger partial charge in [-0.1, -0.05) is 30.7 Å². The number of fused-ring (bicyclic) bond motifs is 4. The Kier molecular flexibility index (Phi) is 5.39. The molecule has 0 radical (unpaired) electrons. The molecule has 31 heavy (non-hydrogen) atoms. The third kappa shape index (κ3) is 3.34.